The van der Waals surface area contributed by atoms with E-state index in [9.17, 15) is 5.11 Å². The highest BCUT2D eigenvalue weighted by Crippen LogP contribution is 2.23. The summed E-state index contributed by atoms with van der Waals surface area (Å²) in [5, 5.41) is 16.7. The number of pyridine rings is 1. The first-order valence-electron chi connectivity index (χ1n) is 7.93. The normalized spacial score (nSPS) is 12.4. The number of aliphatic hydroxyl groups is 1. The van der Waals surface area contributed by atoms with Crippen LogP contribution >= 0.6 is 0 Å². The number of rotatable bonds is 5. The highest BCUT2D eigenvalue weighted by atomic mass is 16.3. The minimum Gasteiger partial charge on any atom is -0.394 e. The zero-order valence-electron chi connectivity index (χ0n) is 13.6. The van der Waals surface area contributed by atoms with Crippen molar-refractivity contribution < 1.29 is 5.11 Å². The molecule has 1 aromatic carbocycles. The van der Waals surface area contributed by atoms with E-state index in [-0.39, 0.29) is 12.6 Å². The van der Waals surface area contributed by atoms with Crippen molar-refractivity contribution >= 4 is 39.5 Å². The second kappa shape index (κ2) is 6.33. The van der Waals surface area contributed by atoms with Gasteiger partial charge in [-0.3, -0.25) is 4.98 Å². The molecule has 0 amide bonds. The molecule has 0 spiro atoms. The lowest BCUT2D eigenvalue weighted by Gasteiger charge is -2.13. The number of anilines is 3. The van der Waals surface area contributed by atoms with Gasteiger partial charge in [0.25, 0.3) is 0 Å². The third-order valence-electron chi connectivity index (χ3n) is 3.80. The van der Waals surface area contributed by atoms with E-state index < -0.39 is 0 Å². The number of hydrogen-bond donors (Lipinski definition) is 4. The first-order chi connectivity index (χ1) is 12.2. The molecule has 8 nitrogen and oxygen atoms in total. The quantitative estimate of drug-likeness (QED) is 0.443. The number of aromatic amines is 1. The van der Waals surface area contributed by atoms with E-state index in [1.807, 2.05) is 37.3 Å². The summed E-state index contributed by atoms with van der Waals surface area (Å²) >= 11 is 0. The number of nitrogens with one attached hydrogen (secondary N) is 3. The monoisotopic (exact) mass is 335 g/mol. The highest BCUT2D eigenvalue weighted by molar-refractivity contribution is 5.85. The van der Waals surface area contributed by atoms with Crippen molar-refractivity contribution in [3.05, 3.63) is 42.9 Å². The number of aliphatic hydroxyl groups excluding tert-OH is 1. The van der Waals surface area contributed by atoms with E-state index >= 15 is 0 Å². The maximum absolute atomic E-state index is 9.27. The Morgan fingerprint density at radius 1 is 1.20 bits per heavy atom. The Kier molecular flexibility index (Phi) is 3.87. The Balaban J connectivity index is 1.70. The average molecular weight is 335 g/mol. The summed E-state index contributed by atoms with van der Waals surface area (Å²) in [5.41, 5.74) is 3.04. The van der Waals surface area contributed by atoms with Crippen molar-refractivity contribution in [2.45, 2.75) is 13.0 Å². The van der Waals surface area contributed by atoms with Gasteiger partial charge in [0, 0.05) is 23.3 Å². The molecule has 1 unspecified atom stereocenters. The van der Waals surface area contributed by atoms with Crippen LogP contribution in [0.15, 0.2) is 42.9 Å². The molecular weight excluding hydrogens is 318 g/mol. The minimum atomic E-state index is -0.144. The van der Waals surface area contributed by atoms with Gasteiger partial charge in [-0.25, -0.2) is 4.98 Å². The van der Waals surface area contributed by atoms with Crippen molar-refractivity contribution in [3.63, 3.8) is 0 Å². The van der Waals surface area contributed by atoms with Gasteiger partial charge in [0.05, 0.1) is 18.5 Å². The van der Waals surface area contributed by atoms with Crippen molar-refractivity contribution in [1.82, 2.24) is 24.9 Å². The predicted octanol–water partition coefficient (Wildman–Crippen LogP) is 2.44. The van der Waals surface area contributed by atoms with Crippen molar-refractivity contribution in [3.8, 4) is 0 Å². The maximum Gasteiger partial charge on any atom is 0.231 e. The SMILES string of the molecule is CC(CO)Nc1nc(Nc2ccc3ncccc3c2)nc2[nH]cnc12. The summed E-state index contributed by atoms with van der Waals surface area (Å²) in [6.07, 6.45) is 3.34. The van der Waals surface area contributed by atoms with Gasteiger partial charge in [0.1, 0.15) is 5.52 Å². The van der Waals surface area contributed by atoms with E-state index in [4.69, 9.17) is 0 Å². The van der Waals surface area contributed by atoms with Gasteiger partial charge in [-0.05, 0) is 31.2 Å². The second-order valence-corrected chi connectivity index (χ2v) is 5.76. The van der Waals surface area contributed by atoms with Crippen molar-refractivity contribution in [1.29, 1.82) is 0 Å². The Hall–Kier alpha value is -3.26. The maximum atomic E-state index is 9.27. The molecule has 25 heavy (non-hydrogen) atoms. The van der Waals surface area contributed by atoms with Crippen LogP contribution in [0.3, 0.4) is 0 Å². The number of benzene rings is 1. The summed E-state index contributed by atoms with van der Waals surface area (Å²) in [6, 6.07) is 9.62. The fourth-order valence-corrected chi connectivity index (χ4v) is 2.55. The number of nitrogens with zero attached hydrogens (tertiary/aromatic N) is 4. The van der Waals surface area contributed by atoms with Crippen LogP contribution in [0.4, 0.5) is 17.5 Å². The fourth-order valence-electron chi connectivity index (χ4n) is 2.55. The topological polar surface area (TPSA) is 112 Å². The third kappa shape index (κ3) is 3.07. The zero-order chi connectivity index (χ0) is 17.2. The number of fused-ring (bicyclic) bond motifs is 2. The molecule has 126 valence electrons. The molecule has 8 heteroatoms. The summed E-state index contributed by atoms with van der Waals surface area (Å²) in [6.45, 7) is 1.86. The second-order valence-electron chi connectivity index (χ2n) is 5.76. The highest BCUT2D eigenvalue weighted by Gasteiger charge is 2.12. The lowest BCUT2D eigenvalue weighted by molar-refractivity contribution is 0.281. The summed E-state index contributed by atoms with van der Waals surface area (Å²) in [4.78, 5) is 20.5. The number of aromatic nitrogens is 5. The molecule has 4 N–H and O–H groups in total. The molecule has 1 atom stereocenters. The Morgan fingerprint density at radius 3 is 3.00 bits per heavy atom. The first kappa shape index (κ1) is 15.3. The smallest absolute Gasteiger partial charge is 0.231 e. The van der Waals surface area contributed by atoms with Crippen molar-refractivity contribution in [2.75, 3.05) is 17.2 Å². The molecule has 0 saturated heterocycles. The van der Waals surface area contributed by atoms with Gasteiger partial charge >= 0.3 is 0 Å². The molecule has 0 fully saturated rings. The first-order valence-corrected chi connectivity index (χ1v) is 7.93. The molecule has 4 aromatic rings. The molecule has 0 saturated carbocycles. The van der Waals surface area contributed by atoms with Gasteiger partial charge in [0.15, 0.2) is 11.5 Å². The van der Waals surface area contributed by atoms with Crippen LogP contribution in [0.1, 0.15) is 6.92 Å². The van der Waals surface area contributed by atoms with Crippen LogP contribution in [0.2, 0.25) is 0 Å². The zero-order valence-corrected chi connectivity index (χ0v) is 13.6. The predicted molar refractivity (Wildman–Crippen MR) is 96.9 cm³/mol. The van der Waals surface area contributed by atoms with Crippen LogP contribution in [-0.4, -0.2) is 42.7 Å². The number of H-pyrrole nitrogens is 1. The van der Waals surface area contributed by atoms with Crippen LogP contribution < -0.4 is 10.6 Å². The van der Waals surface area contributed by atoms with E-state index in [0.29, 0.717) is 22.9 Å². The number of hydrogen-bond acceptors (Lipinski definition) is 7. The van der Waals surface area contributed by atoms with Crippen LogP contribution in [0.25, 0.3) is 22.1 Å². The Morgan fingerprint density at radius 2 is 2.12 bits per heavy atom. The van der Waals surface area contributed by atoms with Crippen molar-refractivity contribution in [2.24, 2.45) is 0 Å². The third-order valence-corrected chi connectivity index (χ3v) is 3.80. The summed E-state index contributed by atoms with van der Waals surface area (Å²) < 4.78 is 0. The van der Waals surface area contributed by atoms with Crippen LogP contribution in [-0.2, 0) is 0 Å². The van der Waals surface area contributed by atoms with Crippen LogP contribution in [0, 0.1) is 0 Å². The van der Waals surface area contributed by atoms with E-state index in [1.54, 1.807) is 12.5 Å². The van der Waals surface area contributed by atoms with Gasteiger partial charge in [-0.2, -0.15) is 9.97 Å². The standard InChI is InChI=1S/C17H17N7O/c1-10(8-25)21-16-14-15(20-9-19-14)23-17(24-16)22-12-4-5-13-11(7-12)3-2-6-18-13/h2-7,9-10,25H,8H2,1H3,(H3,19,20,21,22,23,24). The van der Waals surface area contributed by atoms with E-state index in [1.165, 1.54) is 0 Å². The minimum absolute atomic E-state index is 0.00362. The number of imidazole rings is 1. The molecule has 0 aliphatic rings. The molecular formula is C17H17N7O. The largest absolute Gasteiger partial charge is 0.394 e. The van der Waals surface area contributed by atoms with Gasteiger partial charge in [0.2, 0.25) is 5.95 Å². The van der Waals surface area contributed by atoms with Gasteiger partial charge in [-0.1, -0.05) is 6.07 Å². The molecule has 3 heterocycles. The average Bonchev–Trinajstić information content (AvgIpc) is 3.10. The Bertz CT molecular complexity index is 1030. The molecule has 0 aliphatic carbocycles. The summed E-state index contributed by atoms with van der Waals surface area (Å²) in [5.74, 6) is 1.00. The van der Waals surface area contributed by atoms with E-state index in [0.717, 1.165) is 16.6 Å². The lowest BCUT2D eigenvalue weighted by atomic mass is 10.2. The molecule has 0 aliphatic heterocycles. The van der Waals surface area contributed by atoms with E-state index in [2.05, 4.69) is 35.6 Å². The summed E-state index contributed by atoms with van der Waals surface area (Å²) in [7, 11) is 0. The molecule has 0 radical (unpaired) electrons. The van der Waals surface area contributed by atoms with Gasteiger partial charge < -0.3 is 20.7 Å². The fraction of sp³-hybridized carbons (Fsp3) is 0.176. The van der Waals surface area contributed by atoms with Gasteiger partial charge in [-0.15, -0.1) is 0 Å². The van der Waals surface area contributed by atoms with Crippen LogP contribution in [0.5, 0.6) is 0 Å². The lowest BCUT2D eigenvalue weighted by Crippen LogP contribution is -2.20. The molecule has 0 bridgehead atoms. The molecule has 3 aromatic heterocycles. The Labute approximate surface area is 143 Å². The molecule has 4 rings (SSSR count).